The van der Waals surface area contributed by atoms with Crippen molar-refractivity contribution in [2.45, 2.75) is 21.9 Å². The molecule has 4 nitrogen and oxygen atoms in total. The van der Waals surface area contributed by atoms with Crippen LogP contribution in [0.2, 0.25) is 0 Å². The summed E-state index contributed by atoms with van der Waals surface area (Å²) in [5.74, 6) is -2.03. The van der Waals surface area contributed by atoms with E-state index in [2.05, 4.69) is 63.7 Å². The molecule has 0 saturated carbocycles. The Kier molecular flexibility index (Phi) is 8.38. The number of carbonyl (C=O) groups is 2. The molecule has 0 amide bonds. The monoisotopic (exact) mass is 586 g/mol. The Balaban J connectivity index is 3.18. The molecule has 0 heterocycles. The third-order valence-electron chi connectivity index (χ3n) is 3.20. The second-order valence-corrected chi connectivity index (χ2v) is 12.6. The van der Waals surface area contributed by atoms with Crippen LogP contribution in [0, 0.1) is 0 Å². The van der Waals surface area contributed by atoms with Crippen LogP contribution in [-0.4, -0.2) is 24.3 Å². The molecule has 1 aromatic rings. The van der Waals surface area contributed by atoms with Gasteiger partial charge in [-0.25, -0.2) is 9.59 Å². The quantitative estimate of drug-likeness (QED) is 0.346. The van der Waals surface area contributed by atoms with E-state index in [1.54, 1.807) is 6.08 Å². The summed E-state index contributed by atoms with van der Waals surface area (Å²) >= 11 is 13.1. The molecule has 0 spiro atoms. The number of aliphatic carboxylic acids is 2. The molecule has 0 aliphatic heterocycles. The van der Waals surface area contributed by atoms with E-state index in [0.717, 1.165) is 11.1 Å². The minimum absolute atomic E-state index is 0.0922. The molecule has 130 valence electrons. The molecule has 0 bridgehead atoms. The minimum atomic E-state index is -1.08. The zero-order valence-electron chi connectivity index (χ0n) is 12.5. The molecule has 24 heavy (non-hydrogen) atoms. The van der Waals surface area contributed by atoms with Crippen molar-refractivity contribution in [2.24, 2.45) is 0 Å². The molecular weight excluding hydrogens is 576 g/mol. The number of alkyl halides is 3. The van der Waals surface area contributed by atoms with Gasteiger partial charge >= 0.3 is 11.9 Å². The summed E-state index contributed by atoms with van der Waals surface area (Å²) in [6, 6.07) is 7.50. The SMILES string of the molecule is CC(=CCc1ccccc1CC(Br)=C(C(=O)O)C(Br)(Br)Br)C(=O)O. The third-order valence-corrected chi connectivity index (χ3v) is 5.06. The first kappa shape index (κ1) is 21.6. The molecule has 0 aliphatic carbocycles. The Morgan fingerprint density at radius 2 is 1.62 bits per heavy atom. The van der Waals surface area contributed by atoms with E-state index in [0.29, 0.717) is 17.3 Å². The van der Waals surface area contributed by atoms with Gasteiger partial charge in [-0.2, -0.15) is 0 Å². The fourth-order valence-electron chi connectivity index (χ4n) is 1.93. The fraction of sp³-hybridized carbons (Fsp3) is 0.250. The van der Waals surface area contributed by atoms with Gasteiger partial charge in [0.2, 0.25) is 0 Å². The van der Waals surface area contributed by atoms with Crippen molar-refractivity contribution in [1.82, 2.24) is 0 Å². The Bertz CT molecular complexity index is 702. The number of hydrogen-bond acceptors (Lipinski definition) is 2. The maximum atomic E-state index is 11.5. The lowest BCUT2D eigenvalue weighted by atomic mass is 10.00. The molecule has 0 aliphatic rings. The molecule has 0 unspecified atom stereocenters. The number of hydrogen-bond donors (Lipinski definition) is 2. The maximum absolute atomic E-state index is 11.5. The van der Waals surface area contributed by atoms with Crippen LogP contribution in [-0.2, 0) is 22.4 Å². The molecule has 0 atom stereocenters. The van der Waals surface area contributed by atoms with E-state index in [1.807, 2.05) is 24.3 Å². The molecule has 0 radical (unpaired) electrons. The Morgan fingerprint density at radius 3 is 2.08 bits per heavy atom. The van der Waals surface area contributed by atoms with Crippen molar-refractivity contribution in [3.05, 3.63) is 57.1 Å². The molecule has 0 fully saturated rings. The Morgan fingerprint density at radius 1 is 1.08 bits per heavy atom. The average molecular weight is 590 g/mol. The van der Waals surface area contributed by atoms with Crippen LogP contribution in [0.1, 0.15) is 18.1 Å². The first-order valence-corrected chi connectivity index (χ1v) is 9.87. The first-order valence-electron chi connectivity index (χ1n) is 6.70. The van der Waals surface area contributed by atoms with Gasteiger partial charge in [-0.15, -0.1) is 0 Å². The number of allylic oxidation sites excluding steroid dienone is 2. The van der Waals surface area contributed by atoms with Crippen LogP contribution >= 0.6 is 63.7 Å². The maximum Gasteiger partial charge on any atom is 0.335 e. The summed E-state index contributed by atoms with van der Waals surface area (Å²) in [6.07, 6.45) is 2.46. The van der Waals surface area contributed by atoms with E-state index in [-0.39, 0.29) is 11.1 Å². The zero-order chi connectivity index (χ0) is 18.5. The first-order chi connectivity index (χ1) is 11.0. The number of rotatable bonds is 6. The summed E-state index contributed by atoms with van der Waals surface area (Å²) in [7, 11) is 0. The van der Waals surface area contributed by atoms with Gasteiger partial charge in [0.25, 0.3) is 0 Å². The lowest BCUT2D eigenvalue weighted by Gasteiger charge is -2.17. The van der Waals surface area contributed by atoms with Gasteiger partial charge in [-0.3, -0.25) is 0 Å². The Hall–Kier alpha value is -0.440. The lowest BCUT2D eigenvalue weighted by molar-refractivity contribution is -0.133. The largest absolute Gasteiger partial charge is 0.478 e. The van der Waals surface area contributed by atoms with E-state index in [1.165, 1.54) is 6.92 Å². The standard InChI is InChI=1S/C16H14Br4O4/c1-9(14(21)22)6-7-10-4-2-3-5-11(10)8-12(17)13(15(23)24)16(18,19)20/h2-6H,7-8H2,1H3,(H,21,22)(H,23,24). The number of benzene rings is 1. The second kappa shape index (κ2) is 9.31. The van der Waals surface area contributed by atoms with Crippen molar-refractivity contribution in [3.8, 4) is 0 Å². The highest BCUT2D eigenvalue weighted by Crippen LogP contribution is 2.44. The van der Waals surface area contributed by atoms with E-state index >= 15 is 0 Å². The van der Waals surface area contributed by atoms with E-state index < -0.39 is 14.1 Å². The smallest absolute Gasteiger partial charge is 0.335 e. The lowest BCUT2D eigenvalue weighted by Crippen LogP contribution is -2.17. The molecule has 1 rings (SSSR count). The zero-order valence-corrected chi connectivity index (χ0v) is 18.9. The summed E-state index contributed by atoms with van der Waals surface area (Å²) in [5.41, 5.74) is 2.21. The van der Waals surface area contributed by atoms with Gasteiger partial charge in [-0.05, 0) is 24.5 Å². The van der Waals surface area contributed by atoms with Gasteiger partial charge in [-0.1, -0.05) is 94.1 Å². The van der Waals surface area contributed by atoms with Crippen molar-refractivity contribution in [2.75, 3.05) is 0 Å². The van der Waals surface area contributed by atoms with Gasteiger partial charge in [0.15, 0.2) is 2.14 Å². The predicted molar refractivity (Wildman–Crippen MR) is 108 cm³/mol. The van der Waals surface area contributed by atoms with E-state index in [9.17, 15) is 14.7 Å². The van der Waals surface area contributed by atoms with Crippen molar-refractivity contribution < 1.29 is 19.8 Å². The second-order valence-electron chi connectivity index (χ2n) is 4.92. The van der Waals surface area contributed by atoms with Crippen LogP contribution in [0.4, 0.5) is 0 Å². The molecular formula is C16H14Br4O4. The molecule has 2 N–H and O–H groups in total. The topological polar surface area (TPSA) is 74.6 Å². The van der Waals surface area contributed by atoms with Gasteiger partial charge in [0, 0.05) is 16.5 Å². The number of halogens is 4. The van der Waals surface area contributed by atoms with Crippen LogP contribution in [0.15, 0.2) is 46.0 Å². The highest BCUT2D eigenvalue weighted by Gasteiger charge is 2.32. The Labute approximate surface area is 173 Å². The molecule has 8 heteroatoms. The predicted octanol–water partition coefficient (Wildman–Crippen LogP) is 5.37. The summed E-state index contributed by atoms with van der Waals surface area (Å²) in [4.78, 5) is 22.4. The fourth-order valence-corrected chi connectivity index (χ4v) is 4.72. The van der Waals surface area contributed by atoms with Gasteiger partial charge in [0.05, 0.1) is 5.57 Å². The van der Waals surface area contributed by atoms with Crippen molar-refractivity contribution in [1.29, 1.82) is 0 Å². The van der Waals surface area contributed by atoms with Crippen molar-refractivity contribution >= 4 is 75.7 Å². The number of carboxylic acids is 2. The van der Waals surface area contributed by atoms with Crippen molar-refractivity contribution in [3.63, 3.8) is 0 Å². The van der Waals surface area contributed by atoms with Crippen LogP contribution in [0.5, 0.6) is 0 Å². The van der Waals surface area contributed by atoms with Gasteiger partial charge in [0.1, 0.15) is 0 Å². The summed E-state index contributed by atoms with van der Waals surface area (Å²) in [6.45, 7) is 1.54. The van der Waals surface area contributed by atoms with Crippen LogP contribution in [0.25, 0.3) is 0 Å². The summed E-state index contributed by atoms with van der Waals surface area (Å²) < 4.78 is -0.557. The number of carboxylic acid groups (broad SMARTS) is 2. The van der Waals surface area contributed by atoms with Crippen LogP contribution < -0.4 is 0 Å². The molecule has 1 aromatic carbocycles. The van der Waals surface area contributed by atoms with E-state index in [4.69, 9.17) is 5.11 Å². The minimum Gasteiger partial charge on any atom is -0.478 e. The third kappa shape index (κ3) is 6.46. The molecule has 0 saturated heterocycles. The normalized spacial score (nSPS) is 13.5. The average Bonchev–Trinajstić information content (AvgIpc) is 2.43. The summed E-state index contributed by atoms with van der Waals surface area (Å²) in [5, 5.41) is 18.3. The highest BCUT2D eigenvalue weighted by atomic mass is 80.0. The van der Waals surface area contributed by atoms with Crippen LogP contribution in [0.3, 0.4) is 0 Å². The molecule has 0 aromatic heterocycles. The highest BCUT2D eigenvalue weighted by molar-refractivity contribution is 9.39. The van der Waals surface area contributed by atoms with Gasteiger partial charge < -0.3 is 10.2 Å².